The summed E-state index contributed by atoms with van der Waals surface area (Å²) >= 11 is 0. The summed E-state index contributed by atoms with van der Waals surface area (Å²) in [4.78, 5) is 25.4. The summed E-state index contributed by atoms with van der Waals surface area (Å²) in [5.74, 6) is -0.731. The van der Waals surface area contributed by atoms with Gasteiger partial charge in [0.05, 0.1) is 11.3 Å². The first-order valence-electron chi connectivity index (χ1n) is 6.03. The van der Waals surface area contributed by atoms with Gasteiger partial charge in [-0.15, -0.1) is 0 Å². The van der Waals surface area contributed by atoms with Crippen LogP contribution < -0.4 is 4.90 Å². The Morgan fingerprint density at radius 1 is 1.18 bits per heavy atom. The van der Waals surface area contributed by atoms with E-state index in [-0.39, 0.29) is 11.7 Å². The number of unbranched alkanes of at least 4 members (excludes halogenated alkanes) is 1. The molecule has 0 saturated carbocycles. The van der Waals surface area contributed by atoms with E-state index in [4.69, 9.17) is 0 Å². The number of fused-ring (bicyclic) bond motifs is 1. The zero-order valence-electron chi connectivity index (χ0n) is 10.5. The van der Waals surface area contributed by atoms with Crippen LogP contribution in [0.5, 0.6) is 0 Å². The Hall–Kier alpha value is -1.64. The van der Waals surface area contributed by atoms with Crippen LogP contribution in [0.3, 0.4) is 0 Å². The van der Waals surface area contributed by atoms with Crippen molar-refractivity contribution in [2.45, 2.75) is 33.6 Å². The maximum absolute atomic E-state index is 11.9. The summed E-state index contributed by atoms with van der Waals surface area (Å²) in [6, 6.07) is 3.83. The van der Waals surface area contributed by atoms with Gasteiger partial charge in [0.2, 0.25) is 0 Å². The number of amides is 1. The molecule has 1 amide bonds. The molecule has 1 aliphatic heterocycles. The fourth-order valence-corrected chi connectivity index (χ4v) is 2.36. The summed E-state index contributed by atoms with van der Waals surface area (Å²) in [5, 5.41) is 0. The van der Waals surface area contributed by atoms with Crippen LogP contribution in [0.4, 0.5) is 5.69 Å². The monoisotopic (exact) mass is 231 g/mol. The molecule has 1 aliphatic rings. The Balaban J connectivity index is 2.48. The van der Waals surface area contributed by atoms with E-state index in [1.54, 1.807) is 4.90 Å². The zero-order valence-corrected chi connectivity index (χ0v) is 10.5. The molecule has 0 unspecified atom stereocenters. The number of rotatable bonds is 3. The van der Waals surface area contributed by atoms with Gasteiger partial charge in [-0.25, -0.2) is 0 Å². The summed E-state index contributed by atoms with van der Waals surface area (Å²) in [6.07, 6.45) is 1.93. The van der Waals surface area contributed by atoms with Crippen LogP contribution in [0.1, 0.15) is 41.3 Å². The quantitative estimate of drug-likeness (QED) is 0.750. The van der Waals surface area contributed by atoms with E-state index in [0.29, 0.717) is 12.1 Å². The molecule has 0 radical (unpaired) electrons. The van der Waals surface area contributed by atoms with Crippen molar-refractivity contribution in [2.24, 2.45) is 0 Å². The van der Waals surface area contributed by atoms with Gasteiger partial charge in [-0.1, -0.05) is 19.4 Å². The number of aryl methyl sites for hydroxylation is 2. The van der Waals surface area contributed by atoms with Gasteiger partial charge in [0.15, 0.2) is 0 Å². The molecule has 0 spiro atoms. The van der Waals surface area contributed by atoms with Crippen molar-refractivity contribution in [3.63, 3.8) is 0 Å². The smallest absolute Gasteiger partial charge is 0.299 e. The average Bonchev–Trinajstić information content (AvgIpc) is 2.51. The van der Waals surface area contributed by atoms with Crippen LogP contribution in [-0.2, 0) is 4.79 Å². The van der Waals surface area contributed by atoms with Gasteiger partial charge >= 0.3 is 0 Å². The minimum Gasteiger partial charge on any atom is -0.304 e. The molecule has 0 atom stereocenters. The maximum Gasteiger partial charge on any atom is 0.299 e. The molecule has 0 aromatic heterocycles. The van der Waals surface area contributed by atoms with Crippen LogP contribution in [0.25, 0.3) is 0 Å². The predicted octanol–water partition coefficient (Wildman–Crippen LogP) is 2.63. The number of anilines is 1. The summed E-state index contributed by atoms with van der Waals surface area (Å²) in [5.41, 5.74) is 3.43. The van der Waals surface area contributed by atoms with Crippen molar-refractivity contribution in [2.75, 3.05) is 11.4 Å². The number of hydrogen-bond acceptors (Lipinski definition) is 2. The van der Waals surface area contributed by atoms with Crippen molar-refractivity contribution in [3.8, 4) is 0 Å². The minimum atomic E-state index is -0.373. The first-order chi connectivity index (χ1) is 8.06. The lowest BCUT2D eigenvalue weighted by Gasteiger charge is -2.18. The van der Waals surface area contributed by atoms with Crippen LogP contribution in [-0.4, -0.2) is 18.2 Å². The largest absolute Gasteiger partial charge is 0.304 e. The lowest BCUT2D eigenvalue weighted by molar-refractivity contribution is -0.114. The topological polar surface area (TPSA) is 37.4 Å². The average molecular weight is 231 g/mol. The molecule has 1 aromatic carbocycles. The van der Waals surface area contributed by atoms with E-state index in [0.717, 1.165) is 29.7 Å². The number of benzene rings is 1. The molecule has 2 rings (SSSR count). The second kappa shape index (κ2) is 4.32. The normalized spacial score (nSPS) is 14.4. The van der Waals surface area contributed by atoms with Crippen LogP contribution in [0.15, 0.2) is 12.1 Å². The number of Topliss-reactive ketones (excluding diaryl/α,β-unsaturated/α-hetero) is 1. The molecule has 0 aliphatic carbocycles. The predicted molar refractivity (Wildman–Crippen MR) is 67.5 cm³/mol. The van der Waals surface area contributed by atoms with Gasteiger partial charge in [-0.2, -0.15) is 0 Å². The number of hydrogen-bond donors (Lipinski definition) is 0. The number of nitrogens with zero attached hydrogens (tertiary/aromatic N) is 1. The third-order valence-electron chi connectivity index (χ3n) is 3.13. The molecule has 0 bridgehead atoms. The molecular weight excluding hydrogens is 214 g/mol. The Labute approximate surface area is 101 Å². The second-order valence-corrected chi connectivity index (χ2v) is 4.62. The Morgan fingerprint density at radius 3 is 2.53 bits per heavy atom. The van der Waals surface area contributed by atoms with E-state index < -0.39 is 0 Å². The third kappa shape index (κ3) is 1.86. The van der Waals surface area contributed by atoms with Crippen LogP contribution >= 0.6 is 0 Å². The van der Waals surface area contributed by atoms with Gasteiger partial charge in [0, 0.05) is 6.54 Å². The standard InChI is InChI=1S/C14H17NO2/c1-4-5-6-15-12-10(3)7-9(2)8-11(12)13(16)14(15)17/h7-8H,4-6H2,1-3H3. The summed E-state index contributed by atoms with van der Waals surface area (Å²) < 4.78 is 0. The highest BCUT2D eigenvalue weighted by Crippen LogP contribution is 2.33. The van der Waals surface area contributed by atoms with E-state index in [9.17, 15) is 9.59 Å². The van der Waals surface area contributed by atoms with Crippen molar-refractivity contribution in [1.29, 1.82) is 0 Å². The fraction of sp³-hybridized carbons (Fsp3) is 0.429. The molecule has 90 valence electrons. The van der Waals surface area contributed by atoms with E-state index in [1.807, 2.05) is 26.0 Å². The highest BCUT2D eigenvalue weighted by atomic mass is 16.2. The molecule has 3 nitrogen and oxygen atoms in total. The molecule has 3 heteroatoms. The van der Waals surface area contributed by atoms with Crippen molar-refractivity contribution < 1.29 is 9.59 Å². The molecule has 1 heterocycles. The van der Waals surface area contributed by atoms with E-state index >= 15 is 0 Å². The third-order valence-corrected chi connectivity index (χ3v) is 3.13. The molecule has 0 saturated heterocycles. The Kier molecular flexibility index (Phi) is 3.01. The maximum atomic E-state index is 11.9. The van der Waals surface area contributed by atoms with Gasteiger partial charge < -0.3 is 4.90 Å². The molecule has 17 heavy (non-hydrogen) atoms. The lowest BCUT2D eigenvalue weighted by atomic mass is 10.0. The first-order valence-corrected chi connectivity index (χ1v) is 6.03. The van der Waals surface area contributed by atoms with Crippen LogP contribution in [0.2, 0.25) is 0 Å². The Bertz CT molecular complexity index is 491. The molecule has 0 N–H and O–H groups in total. The molecular formula is C14H17NO2. The highest BCUT2D eigenvalue weighted by molar-refractivity contribution is 6.52. The van der Waals surface area contributed by atoms with Crippen molar-refractivity contribution in [1.82, 2.24) is 0 Å². The minimum absolute atomic E-state index is 0.358. The second-order valence-electron chi connectivity index (χ2n) is 4.62. The number of ketones is 1. The van der Waals surface area contributed by atoms with Gasteiger partial charge in [-0.05, 0) is 37.5 Å². The number of carbonyl (C=O) groups excluding carboxylic acids is 2. The first kappa shape index (κ1) is 11.8. The summed E-state index contributed by atoms with van der Waals surface area (Å²) in [6.45, 7) is 6.61. The van der Waals surface area contributed by atoms with Crippen LogP contribution in [0, 0.1) is 13.8 Å². The van der Waals surface area contributed by atoms with Gasteiger partial charge in [-0.3, -0.25) is 9.59 Å². The van der Waals surface area contributed by atoms with Gasteiger partial charge in [0.25, 0.3) is 11.7 Å². The lowest BCUT2D eigenvalue weighted by Crippen LogP contribution is -2.30. The molecule has 1 aromatic rings. The van der Waals surface area contributed by atoms with E-state index in [1.165, 1.54) is 0 Å². The SMILES string of the molecule is CCCCN1C(=O)C(=O)c2cc(C)cc(C)c21. The number of carbonyl (C=O) groups is 2. The highest BCUT2D eigenvalue weighted by Gasteiger charge is 2.36. The zero-order chi connectivity index (χ0) is 12.6. The van der Waals surface area contributed by atoms with Gasteiger partial charge in [0.1, 0.15) is 0 Å². The van der Waals surface area contributed by atoms with Crippen molar-refractivity contribution >= 4 is 17.4 Å². The van der Waals surface area contributed by atoms with Crippen molar-refractivity contribution in [3.05, 3.63) is 28.8 Å². The molecule has 0 fully saturated rings. The fourth-order valence-electron chi connectivity index (χ4n) is 2.36. The van der Waals surface area contributed by atoms with E-state index in [2.05, 4.69) is 6.92 Å². The summed E-state index contributed by atoms with van der Waals surface area (Å²) in [7, 11) is 0. The Morgan fingerprint density at radius 2 is 1.88 bits per heavy atom.